The molecule has 5 heteroatoms. The molecule has 0 bridgehead atoms. The highest BCUT2D eigenvalue weighted by atomic mass is 35.5. The van der Waals surface area contributed by atoms with Gasteiger partial charge in [-0.1, -0.05) is 18.5 Å². The van der Waals surface area contributed by atoms with Gasteiger partial charge in [0.2, 0.25) is 0 Å². The highest BCUT2D eigenvalue weighted by Gasteiger charge is 2.14. The Balaban J connectivity index is 2.14. The molecular formula is C14H17ClN2OS. The third-order valence-electron chi connectivity index (χ3n) is 2.91. The molecule has 1 aromatic carbocycles. The number of nitrogens with zero attached hydrogens (tertiary/aromatic N) is 2. The smallest absolute Gasteiger partial charge is 0.115 e. The number of phenols is 1. The topological polar surface area (TPSA) is 38.0 Å². The molecule has 0 radical (unpaired) electrons. The predicted octanol–water partition coefficient (Wildman–Crippen LogP) is 4.12. The first-order valence-corrected chi connectivity index (χ1v) is 7.68. The van der Waals surface area contributed by atoms with Gasteiger partial charge in [-0.2, -0.15) is 5.10 Å². The maximum absolute atomic E-state index is 9.26. The maximum atomic E-state index is 9.26. The fourth-order valence-corrected chi connectivity index (χ4v) is 3.19. The van der Waals surface area contributed by atoms with E-state index >= 15 is 0 Å². The van der Waals surface area contributed by atoms with Crippen LogP contribution in [-0.2, 0) is 18.7 Å². The monoisotopic (exact) mass is 296 g/mol. The summed E-state index contributed by atoms with van der Waals surface area (Å²) in [5.74, 6) is 1.07. The number of hydrogen-bond donors (Lipinski definition) is 1. The van der Waals surface area contributed by atoms with Crippen molar-refractivity contribution >= 4 is 23.4 Å². The van der Waals surface area contributed by atoms with Crippen LogP contribution in [0.15, 0.2) is 29.2 Å². The average molecular weight is 297 g/mol. The van der Waals surface area contributed by atoms with Crippen LogP contribution in [0.1, 0.15) is 25.2 Å². The second kappa shape index (κ2) is 6.35. The number of phenolic OH excluding ortho intramolecular Hbond substituents is 1. The van der Waals surface area contributed by atoms with Gasteiger partial charge in [-0.15, -0.1) is 11.8 Å². The Labute approximate surface area is 122 Å². The Morgan fingerprint density at radius 3 is 2.53 bits per heavy atom. The molecule has 2 rings (SSSR count). The van der Waals surface area contributed by atoms with Crippen LogP contribution >= 0.6 is 23.4 Å². The van der Waals surface area contributed by atoms with Crippen molar-refractivity contribution in [2.75, 3.05) is 0 Å². The third-order valence-corrected chi connectivity index (χ3v) is 4.37. The average Bonchev–Trinajstić information content (AvgIpc) is 2.74. The van der Waals surface area contributed by atoms with Crippen molar-refractivity contribution in [2.24, 2.45) is 0 Å². The molecule has 0 saturated carbocycles. The summed E-state index contributed by atoms with van der Waals surface area (Å²) in [5, 5.41) is 14.6. The van der Waals surface area contributed by atoms with Gasteiger partial charge in [0.15, 0.2) is 0 Å². The lowest BCUT2D eigenvalue weighted by Crippen LogP contribution is -2.01. The lowest BCUT2D eigenvalue weighted by atomic mass is 10.3. The summed E-state index contributed by atoms with van der Waals surface area (Å²) in [6.45, 7) is 4.95. The Hall–Kier alpha value is -1.13. The van der Waals surface area contributed by atoms with E-state index in [0.29, 0.717) is 0 Å². The summed E-state index contributed by atoms with van der Waals surface area (Å²) in [5.41, 5.74) is 2.03. The molecule has 0 aliphatic heterocycles. The van der Waals surface area contributed by atoms with Gasteiger partial charge >= 0.3 is 0 Å². The Bertz CT molecular complexity index is 551. The van der Waals surface area contributed by atoms with Crippen molar-refractivity contribution in [2.45, 2.75) is 37.5 Å². The molecule has 0 aliphatic rings. The zero-order valence-corrected chi connectivity index (χ0v) is 12.6. The fraction of sp³-hybridized carbons (Fsp3) is 0.357. The van der Waals surface area contributed by atoms with E-state index in [9.17, 15) is 5.11 Å². The number of hydrogen-bond acceptors (Lipinski definition) is 3. The van der Waals surface area contributed by atoms with Crippen LogP contribution in [0.3, 0.4) is 0 Å². The van der Waals surface area contributed by atoms with Crippen LogP contribution in [0.5, 0.6) is 5.75 Å². The summed E-state index contributed by atoms with van der Waals surface area (Å²) in [7, 11) is 0. The van der Waals surface area contributed by atoms with Crippen molar-refractivity contribution < 1.29 is 5.11 Å². The van der Waals surface area contributed by atoms with Gasteiger partial charge in [0.05, 0.1) is 16.4 Å². The molecular weight excluding hydrogens is 280 g/mol. The summed E-state index contributed by atoms with van der Waals surface area (Å²) in [6, 6.07) is 7.19. The van der Waals surface area contributed by atoms with E-state index in [2.05, 4.69) is 18.9 Å². The van der Waals surface area contributed by atoms with Gasteiger partial charge in [-0.25, -0.2) is 0 Å². The van der Waals surface area contributed by atoms with E-state index in [4.69, 9.17) is 11.6 Å². The normalized spacial score (nSPS) is 10.9. The molecule has 0 atom stereocenters. The second-order valence-corrected chi connectivity index (χ2v) is 5.59. The van der Waals surface area contributed by atoms with Crippen LogP contribution in [0, 0.1) is 0 Å². The molecule has 0 aliphatic carbocycles. The maximum Gasteiger partial charge on any atom is 0.115 e. The summed E-state index contributed by atoms with van der Waals surface area (Å²) in [6.07, 6.45) is 0.850. The molecule has 102 valence electrons. The highest BCUT2D eigenvalue weighted by molar-refractivity contribution is 7.98. The van der Waals surface area contributed by atoms with Crippen LogP contribution in [0.25, 0.3) is 0 Å². The van der Waals surface area contributed by atoms with Crippen molar-refractivity contribution in [1.29, 1.82) is 0 Å². The molecule has 0 saturated heterocycles. The van der Waals surface area contributed by atoms with Gasteiger partial charge < -0.3 is 5.11 Å². The number of aromatic hydroxyl groups is 1. The molecule has 0 spiro atoms. The van der Waals surface area contributed by atoms with Crippen molar-refractivity contribution in [1.82, 2.24) is 9.78 Å². The third kappa shape index (κ3) is 3.25. The van der Waals surface area contributed by atoms with E-state index in [-0.39, 0.29) is 5.75 Å². The van der Waals surface area contributed by atoms with Crippen LogP contribution in [0.2, 0.25) is 5.02 Å². The van der Waals surface area contributed by atoms with E-state index in [1.165, 1.54) is 0 Å². The van der Waals surface area contributed by atoms with Crippen molar-refractivity contribution in [3.8, 4) is 5.75 Å². The Kier molecular flexibility index (Phi) is 4.77. The van der Waals surface area contributed by atoms with E-state index in [0.717, 1.165) is 40.0 Å². The SMILES string of the molecule is CCc1nn(CC)c(CSc2ccc(O)cc2)c1Cl. The first-order chi connectivity index (χ1) is 9.15. The summed E-state index contributed by atoms with van der Waals surface area (Å²) >= 11 is 8.06. The van der Waals surface area contributed by atoms with Crippen LogP contribution in [0.4, 0.5) is 0 Å². The van der Waals surface area contributed by atoms with Crippen molar-refractivity contribution in [3.05, 3.63) is 40.7 Å². The lowest BCUT2D eigenvalue weighted by Gasteiger charge is -2.05. The quantitative estimate of drug-likeness (QED) is 0.844. The van der Waals surface area contributed by atoms with Gasteiger partial charge in [-0.05, 0) is 37.6 Å². The number of halogens is 1. The largest absolute Gasteiger partial charge is 0.508 e. The number of aryl methyl sites for hydroxylation is 2. The van der Waals surface area contributed by atoms with Crippen LogP contribution < -0.4 is 0 Å². The van der Waals surface area contributed by atoms with E-state index in [1.807, 2.05) is 16.8 Å². The number of benzene rings is 1. The molecule has 0 fully saturated rings. The lowest BCUT2D eigenvalue weighted by molar-refractivity contribution is 0.475. The van der Waals surface area contributed by atoms with E-state index in [1.54, 1.807) is 23.9 Å². The number of rotatable bonds is 5. The zero-order valence-electron chi connectivity index (χ0n) is 11.1. The van der Waals surface area contributed by atoms with Crippen molar-refractivity contribution in [3.63, 3.8) is 0 Å². The number of aromatic nitrogens is 2. The van der Waals surface area contributed by atoms with Gasteiger partial charge in [-0.3, -0.25) is 4.68 Å². The molecule has 1 heterocycles. The number of thioether (sulfide) groups is 1. The van der Waals surface area contributed by atoms with Gasteiger partial charge in [0, 0.05) is 17.2 Å². The van der Waals surface area contributed by atoms with Crippen LogP contribution in [-0.4, -0.2) is 14.9 Å². The Morgan fingerprint density at radius 1 is 1.26 bits per heavy atom. The predicted molar refractivity (Wildman–Crippen MR) is 80.0 cm³/mol. The second-order valence-electron chi connectivity index (χ2n) is 4.16. The van der Waals surface area contributed by atoms with Gasteiger partial charge in [0.25, 0.3) is 0 Å². The first kappa shape index (κ1) is 14.3. The standard InChI is InChI=1S/C14H17ClN2OS/c1-3-12-14(15)13(17(4-2)16-12)9-19-11-7-5-10(18)6-8-11/h5-8,18H,3-4,9H2,1-2H3. The molecule has 0 amide bonds. The fourth-order valence-electron chi connectivity index (χ4n) is 1.85. The summed E-state index contributed by atoms with van der Waals surface area (Å²) in [4.78, 5) is 1.11. The minimum Gasteiger partial charge on any atom is -0.508 e. The molecule has 2 aromatic rings. The minimum absolute atomic E-state index is 0.286. The zero-order chi connectivity index (χ0) is 13.8. The molecule has 0 unspecified atom stereocenters. The Morgan fingerprint density at radius 2 is 1.95 bits per heavy atom. The first-order valence-electron chi connectivity index (χ1n) is 6.31. The van der Waals surface area contributed by atoms with E-state index < -0.39 is 0 Å². The molecule has 1 N–H and O–H groups in total. The van der Waals surface area contributed by atoms with Gasteiger partial charge in [0.1, 0.15) is 5.75 Å². The highest BCUT2D eigenvalue weighted by Crippen LogP contribution is 2.29. The molecule has 1 aromatic heterocycles. The molecule has 19 heavy (non-hydrogen) atoms. The molecule has 3 nitrogen and oxygen atoms in total. The summed E-state index contributed by atoms with van der Waals surface area (Å²) < 4.78 is 1.97. The minimum atomic E-state index is 0.286.